The van der Waals surface area contributed by atoms with Crippen LogP contribution in [0.1, 0.15) is 5.56 Å². The second-order valence-electron chi connectivity index (χ2n) is 4.97. The predicted molar refractivity (Wildman–Crippen MR) is 78.6 cm³/mol. The normalized spacial score (nSPS) is 19.6. The number of halogens is 1. The Balaban J connectivity index is 1.61. The number of carbonyl (C=O) groups excluding carboxylic acids is 1. The number of urea groups is 1. The smallest absolute Gasteiger partial charge is 0.323 e. The lowest BCUT2D eigenvalue weighted by Crippen LogP contribution is -2.45. The third-order valence-electron chi connectivity index (χ3n) is 3.60. The summed E-state index contributed by atoms with van der Waals surface area (Å²) in [5.74, 6) is 0.667. The van der Waals surface area contributed by atoms with E-state index < -0.39 is 0 Å². The molecule has 1 aromatic heterocycles. The molecule has 0 spiro atoms. The maximum absolute atomic E-state index is 12.0. The Morgan fingerprint density at radius 1 is 1.35 bits per heavy atom. The molecule has 1 aromatic rings. The largest absolute Gasteiger partial charge is 0.379 e. The van der Waals surface area contributed by atoms with Crippen LogP contribution in [0, 0.1) is 0 Å². The first-order chi connectivity index (χ1) is 9.72. The molecule has 20 heavy (non-hydrogen) atoms. The first-order valence-electron chi connectivity index (χ1n) is 6.73. The van der Waals surface area contributed by atoms with Crippen molar-refractivity contribution in [3.8, 4) is 0 Å². The molecule has 0 unspecified atom stereocenters. The molecule has 3 heterocycles. The zero-order chi connectivity index (χ0) is 13.9. The van der Waals surface area contributed by atoms with Gasteiger partial charge in [0, 0.05) is 42.4 Å². The number of carbonyl (C=O) groups is 1. The molecule has 0 saturated carbocycles. The highest BCUT2D eigenvalue weighted by atomic mass is 79.9. The van der Waals surface area contributed by atoms with Gasteiger partial charge in [0.15, 0.2) is 0 Å². The summed E-state index contributed by atoms with van der Waals surface area (Å²) >= 11 is 3.41. The molecule has 108 valence electrons. The molecule has 0 aromatic carbocycles. The van der Waals surface area contributed by atoms with E-state index in [1.807, 2.05) is 11.0 Å². The Kier molecular flexibility index (Phi) is 4.18. The summed E-state index contributed by atoms with van der Waals surface area (Å²) in [6, 6.07) is 1.93. The highest BCUT2D eigenvalue weighted by Gasteiger charge is 2.24. The summed E-state index contributed by atoms with van der Waals surface area (Å²) in [5.41, 5.74) is 1.04. The van der Waals surface area contributed by atoms with Gasteiger partial charge in [-0.2, -0.15) is 0 Å². The third-order valence-corrected chi connectivity index (χ3v) is 4.03. The van der Waals surface area contributed by atoms with Crippen LogP contribution in [0.3, 0.4) is 0 Å². The summed E-state index contributed by atoms with van der Waals surface area (Å²) in [6.45, 7) is 5.67. The Bertz CT molecular complexity index is 505. The van der Waals surface area contributed by atoms with Crippen molar-refractivity contribution in [2.75, 3.05) is 44.7 Å². The van der Waals surface area contributed by atoms with Gasteiger partial charge < -0.3 is 9.64 Å². The van der Waals surface area contributed by atoms with Gasteiger partial charge in [-0.25, -0.2) is 9.78 Å². The first kappa shape index (κ1) is 13.8. The zero-order valence-electron chi connectivity index (χ0n) is 11.1. The highest BCUT2D eigenvalue weighted by Crippen LogP contribution is 2.23. The Morgan fingerprint density at radius 3 is 2.95 bits per heavy atom. The van der Waals surface area contributed by atoms with E-state index in [1.165, 1.54) is 0 Å². The van der Waals surface area contributed by atoms with Crippen LogP contribution >= 0.6 is 15.9 Å². The number of hydrogen-bond acceptors (Lipinski definition) is 4. The predicted octanol–water partition coefficient (Wildman–Crippen LogP) is 1.52. The maximum Gasteiger partial charge on any atom is 0.323 e. The second-order valence-corrected chi connectivity index (χ2v) is 5.88. The molecule has 1 N–H and O–H groups in total. The van der Waals surface area contributed by atoms with Gasteiger partial charge in [0.2, 0.25) is 0 Å². The van der Waals surface area contributed by atoms with Crippen LogP contribution in [-0.4, -0.2) is 60.2 Å². The fourth-order valence-corrected chi connectivity index (χ4v) is 2.82. The summed E-state index contributed by atoms with van der Waals surface area (Å²) in [7, 11) is 0. The number of amides is 2. The number of morpholine rings is 1. The fraction of sp³-hybridized carbons (Fsp3) is 0.538. The summed E-state index contributed by atoms with van der Waals surface area (Å²) in [6.07, 6.45) is 1.70. The molecule has 0 bridgehead atoms. The second kappa shape index (κ2) is 6.07. The highest BCUT2D eigenvalue weighted by molar-refractivity contribution is 9.10. The standard InChI is InChI=1S/C13H17BrN4O2/c14-11-7-10-9-18(13(19)16-12(10)15-8-11)2-1-17-3-5-20-6-4-17/h7-8H,1-6,9H2,(H,15,16,19). The lowest BCUT2D eigenvalue weighted by atomic mass is 10.2. The van der Waals surface area contributed by atoms with Crippen molar-refractivity contribution in [2.24, 2.45) is 0 Å². The van der Waals surface area contributed by atoms with Gasteiger partial charge in [0.1, 0.15) is 5.82 Å². The number of nitrogens with one attached hydrogen (secondary N) is 1. The van der Waals surface area contributed by atoms with Gasteiger partial charge in [-0.3, -0.25) is 10.2 Å². The molecule has 1 saturated heterocycles. The van der Waals surface area contributed by atoms with Crippen LogP contribution in [0.4, 0.5) is 10.6 Å². The van der Waals surface area contributed by atoms with E-state index in [0.717, 1.165) is 49.4 Å². The molecule has 7 heteroatoms. The minimum Gasteiger partial charge on any atom is -0.379 e. The van der Waals surface area contributed by atoms with Crippen LogP contribution in [0.2, 0.25) is 0 Å². The van der Waals surface area contributed by atoms with E-state index >= 15 is 0 Å². The molecule has 0 atom stereocenters. The van der Waals surface area contributed by atoms with E-state index in [2.05, 4.69) is 31.1 Å². The molecule has 6 nitrogen and oxygen atoms in total. The van der Waals surface area contributed by atoms with Gasteiger partial charge >= 0.3 is 6.03 Å². The molecule has 2 aliphatic heterocycles. The number of fused-ring (bicyclic) bond motifs is 1. The average molecular weight is 341 g/mol. The molecular formula is C13H17BrN4O2. The van der Waals surface area contributed by atoms with Crippen LogP contribution in [-0.2, 0) is 11.3 Å². The summed E-state index contributed by atoms with van der Waals surface area (Å²) in [5, 5.41) is 2.84. The van der Waals surface area contributed by atoms with Crippen molar-refractivity contribution in [3.05, 3.63) is 22.3 Å². The Morgan fingerprint density at radius 2 is 2.15 bits per heavy atom. The molecule has 2 amide bonds. The number of pyridine rings is 1. The number of nitrogens with zero attached hydrogens (tertiary/aromatic N) is 3. The monoisotopic (exact) mass is 340 g/mol. The van der Waals surface area contributed by atoms with Crippen molar-refractivity contribution >= 4 is 27.8 Å². The molecule has 2 aliphatic rings. The van der Waals surface area contributed by atoms with Gasteiger partial charge in [0.05, 0.1) is 19.8 Å². The van der Waals surface area contributed by atoms with Crippen molar-refractivity contribution in [1.82, 2.24) is 14.8 Å². The van der Waals surface area contributed by atoms with Gasteiger partial charge in [-0.1, -0.05) is 0 Å². The quantitative estimate of drug-likeness (QED) is 0.906. The number of ether oxygens (including phenoxy) is 1. The number of anilines is 1. The fourth-order valence-electron chi connectivity index (χ4n) is 2.44. The molecule has 3 rings (SSSR count). The zero-order valence-corrected chi connectivity index (χ0v) is 12.7. The number of aromatic nitrogens is 1. The van der Waals surface area contributed by atoms with Crippen molar-refractivity contribution < 1.29 is 9.53 Å². The van der Waals surface area contributed by atoms with E-state index in [0.29, 0.717) is 12.4 Å². The van der Waals surface area contributed by atoms with Crippen LogP contribution in [0.25, 0.3) is 0 Å². The van der Waals surface area contributed by atoms with Gasteiger partial charge in [-0.05, 0) is 22.0 Å². The molecule has 1 fully saturated rings. The lowest BCUT2D eigenvalue weighted by Gasteiger charge is -2.32. The van der Waals surface area contributed by atoms with Crippen LogP contribution in [0.5, 0.6) is 0 Å². The minimum atomic E-state index is -0.0689. The average Bonchev–Trinajstić information content (AvgIpc) is 2.46. The number of hydrogen-bond donors (Lipinski definition) is 1. The van der Waals surface area contributed by atoms with Crippen molar-refractivity contribution in [2.45, 2.75) is 6.54 Å². The van der Waals surface area contributed by atoms with E-state index in [-0.39, 0.29) is 6.03 Å². The molecular weight excluding hydrogens is 324 g/mol. The Labute approximate surface area is 126 Å². The van der Waals surface area contributed by atoms with Gasteiger partial charge in [-0.15, -0.1) is 0 Å². The summed E-state index contributed by atoms with van der Waals surface area (Å²) in [4.78, 5) is 20.4. The van der Waals surface area contributed by atoms with Gasteiger partial charge in [0.25, 0.3) is 0 Å². The van der Waals surface area contributed by atoms with E-state index in [9.17, 15) is 4.79 Å². The molecule has 0 aliphatic carbocycles. The molecule has 0 radical (unpaired) electrons. The van der Waals surface area contributed by atoms with E-state index in [1.54, 1.807) is 6.20 Å². The van der Waals surface area contributed by atoms with E-state index in [4.69, 9.17) is 4.74 Å². The maximum atomic E-state index is 12.0. The van der Waals surface area contributed by atoms with Crippen molar-refractivity contribution in [1.29, 1.82) is 0 Å². The van der Waals surface area contributed by atoms with Crippen molar-refractivity contribution in [3.63, 3.8) is 0 Å². The SMILES string of the molecule is O=C1Nc2ncc(Br)cc2CN1CCN1CCOCC1. The minimum absolute atomic E-state index is 0.0689. The lowest BCUT2D eigenvalue weighted by molar-refractivity contribution is 0.0348. The topological polar surface area (TPSA) is 57.7 Å². The number of rotatable bonds is 3. The third kappa shape index (κ3) is 3.11. The summed E-state index contributed by atoms with van der Waals surface area (Å²) < 4.78 is 6.26. The Hall–Kier alpha value is -1.18. The van der Waals surface area contributed by atoms with Crippen LogP contribution < -0.4 is 5.32 Å². The first-order valence-corrected chi connectivity index (χ1v) is 7.52. The van der Waals surface area contributed by atoms with Crippen LogP contribution in [0.15, 0.2) is 16.7 Å².